The van der Waals surface area contributed by atoms with Crippen LogP contribution in [0.4, 0.5) is 0 Å². The Labute approximate surface area is 126 Å². The molecule has 0 aromatic carbocycles. The van der Waals surface area contributed by atoms with Gasteiger partial charge in [0.05, 0.1) is 11.0 Å². The molecule has 0 saturated carbocycles. The van der Waals surface area contributed by atoms with E-state index < -0.39 is 0 Å². The van der Waals surface area contributed by atoms with Crippen molar-refractivity contribution in [2.24, 2.45) is 7.05 Å². The molecule has 0 unspecified atom stereocenters. The predicted octanol–water partition coefficient (Wildman–Crippen LogP) is 6.08. The molecule has 0 saturated heterocycles. The van der Waals surface area contributed by atoms with Crippen molar-refractivity contribution >= 4 is 11.0 Å². The molecule has 2 heteroatoms. The number of pyridine rings is 1. The zero-order valence-corrected chi connectivity index (χ0v) is 15.2. The molecule has 2 aromatic rings. The monoisotopic (exact) mass is 278 g/mol. The van der Waals surface area contributed by atoms with E-state index in [0.29, 0.717) is 5.92 Å². The van der Waals surface area contributed by atoms with Crippen LogP contribution in [0.2, 0.25) is 0 Å². The predicted molar refractivity (Wildman–Crippen MR) is 93.6 cm³/mol. The van der Waals surface area contributed by atoms with Crippen molar-refractivity contribution in [2.75, 3.05) is 0 Å². The van der Waals surface area contributed by atoms with Crippen LogP contribution < -0.4 is 0 Å². The lowest BCUT2D eigenvalue weighted by Gasteiger charge is -2.04. The smallest absolute Gasteiger partial charge is 0.0887 e. The van der Waals surface area contributed by atoms with Gasteiger partial charge >= 0.3 is 0 Å². The summed E-state index contributed by atoms with van der Waals surface area (Å²) in [6, 6.07) is 6.42. The molecule has 20 heavy (non-hydrogen) atoms. The molecule has 2 heterocycles. The van der Waals surface area contributed by atoms with Gasteiger partial charge in [-0.05, 0) is 31.0 Å². The maximum atomic E-state index is 4.64. The van der Waals surface area contributed by atoms with Crippen molar-refractivity contribution in [1.82, 2.24) is 9.55 Å². The molecule has 0 aliphatic heterocycles. The van der Waals surface area contributed by atoms with E-state index in [0.717, 1.165) is 5.52 Å². The van der Waals surface area contributed by atoms with Gasteiger partial charge in [0.2, 0.25) is 0 Å². The number of aromatic nitrogens is 2. The van der Waals surface area contributed by atoms with Gasteiger partial charge < -0.3 is 4.57 Å². The second-order valence-electron chi connectivity index (χ2n) is 4.14. The molecule has 0 bridgehead atoms. The third kappa shape index (κ3) is 5.36. The van der Waals surface area contributed by atoms with Crippen LogP contribution >= 0.6 is 0 Å². The van der Waals surface area contributed by atoms with E-state index in [9.17, 15) is 0 Å². The van der Waals surface area contributed by atoms with Crippen LogP contribution in [0.1, 0.15) is 72.7 Å². The minimum Gasteiger partial charge on any atom is -0.347 e. The first-order valence-corrected chi connectivity index (χ1v) is 8.02. The highest BCUT2D eigenvalue weighted by Crippen LogP contribution is 2.19. The summed E-state index contributed by atoms with van der Waals surface area (Å²) in [6.45, 7) is 18.4. The normalized spacial score (nSPS) is 8.95. The quantitative estimate of drug-likeness (QED) is 0.617. The second kappa shape index (κ2) is 11.5. The van der Waals surface area contributed by atoms with Gasteiger partial charge in [-0.25, -0.2) is 0 Å². The minimum absolute atomic E-state index is 0.500. The highest BCUT2D eigenvalue weighted by atomic mass is 15.0. The van der Waals surface area contributed by atoms with Crippen LogP contribution in [0.25, 0.3) is 11.0 Å². The Hall–Kier alpha value is -1.31. The fraction of sp³-hybridized carbons (Fsp3) is 0.611. The zero-order valence-electron chi connectivity index (χ0n) is 15.2. The van der Waals surface area contributed by atoms with E-state index in [1.807, 2.05) is 41.5 Å². The molecule has 0 amide bonds. The van der Waals surface area contributed by atoms with Gasteiger partial charge in [0.1, 0.15) is 0 Å². The Morgan fingerprint density at radius 2 is 1.45 bits per heavy atom. The van der Waals surface area contributed by atoms with Crippen LogP contribution in [-0.4, -0.2) is 9.55 Å². The largest absolute Gasteiger partial charge is 0.347 e. The second-order valence-corrected chi connectivity index (χ2v) is 4.14. The average molecular weight is 278 g/mol. The summed E-state index contributed by atoms with van der Waals surface area (Å²) < 4.78 is 2.17. The molecule has 0 atom stereocenters. The minimum atomic E-state index is 0.500. The molecule has 0 N–H and O–H groups in total. The van der Waals surface area contributed by atoms with E-state index >= 15 is 0 Å². The fourth-order valence-electron chi connectivity index (χ4n) is 1.68. The van der Waals surface area contributed by atoms with Gasteiger partial charge in [-0.2, -0.15) is 0 Å². The molecule has 2 aromatic heterocycles. The van der Waals surface area contributed by atoms with E-state index in [-0.39, 0.29) is 0 Å². The average Bonchev–Trinajstić information content (AvgIpc) is 2.80. The Morgan fingerprint density at radius 3 is 1.90 bits per heavy atom. The topological polar surface area (TPSA) is 17.8 Å². The van der Waals surface area contributed by atoms with E-state index in [2.05, 4.69) is 55.6 Å². The Morgan fingerprint density at radius 1 is 0.950 bits per heavy atom. The maximum absolute atomic E-state index is 4.64. The SMILES string of the molecule is CC.CC.CC.Cc1cc2nc(C(C)C)ccc2n1C. The number of nitrogens with zero attached hydrogens (tertiary/aromatic N) is 2. The molecule has 116 valence electrons. The maximum Gasteiger partial charge on any atom is 0.0887 e. The highest BCUT2D eigenvalue weighted by Gasteiger charge is 2.06. The Balaban J connectivity index is 0. The molecule has 0 aliphatic rings. The van der Waals surface area contributed by atoms with Crippen molar-refractivity contribution in [3.8, 4) is 0 Å². The van der Waals surface area contributed by atoms with Gasteiger partial charge in [0.15, 0.2) is 0 Å². The number of hydrogen-bond donors (Lipinski definition) is 0. The van der Waals surface area contributed by atoms with Crippen molar-refractivity contribution in [3.05, 3.63) is 29.6 Å². The summed E-state index contributed by atoms with van der Waals surface area (Å²) in [5, 5.41) is 0. The van der Waals surface area contributed by atoms with Gasteiger partial charge in [0, 0.05) is 18.4 Å². The summed E-state index contributed by atoms with van der Waals surface area (Å²) in [5.41, 5.74) is 4.75. The summed E-state index contributed by atoms with van der Waals surface area (Å²) in [5.74, 6) is 0.500. The van der Waals surface area contributed by atoms with Gasteiger partial charge in [0.25, 0.3) is 0 Å². The summed E-state index contributed by atoms with van der Waals surface area (Å²) in [7, 11) is 2.08. The van der Waals surface area contributed by atoms with Crippen LogP contribution in [0.15, 0.2) is 18.2 Å². The van der Waals surface area contributed by atoms with E-state index in [1.54, 1.807) is 0 Å². The Kier molecular flexibility index (Phi) is 12.1. The van der Waals surface area contributed by atoms with E-state index in [4.69, 9.17) is 0 Å². The number of rotatable bonds is 1. The lowest BCUT2D eigenvalue weighted by molar-refractivity contribution is 0.829. The third-order valence-electron chi connectivity index (χ3n) is 2.75. The van der Waals surface area contributed by atoms with Gasteiger partial charge in [-0.1, -0.05) is 55.4 Å². The van der Waals surface area contributed by atoms with Crippen molar-refractivity contribution in [1.29, 1.82) is 0 Å². The van der Waals surface area contributed by atoms with Gasteiger partial charge in [-0.3, -0.25) is 4.98 Å². The first-order chi connectivity index (χ1) is 9.59. The molecule has 2 nitrogen and oxygen atoms in total. The molecular weight excluding hydrogens is 244 g/mol. The van der Waals surface area contributed by atoms with Gasteiger partial charge in [-0.15, -0.1) is 0 Å². The van der Waals surface area contributed by atoms with Crippen LogP contribution in [0.3, 0.4) is 0 Å². The third-order valence-corrected chi connectivity index (χ3v) is 2.75. The molecule has 0 spiro atoms. The molecule has 0 radical (unpaired) electrons. The van der Waals surface area contributed by atoms with Crippen molar-refractivity contribution in [3.63, 3.8) is 0 Å². The van der Waals surface area contributed by atoms with E-state index in [1.165, 1.54) is 16.9 Å². The zero-order chi connectivity index (χ0) is 16.3. The molecular formula is C18H34N2. The van der Waals surface area contributed by atoms with Crippen LogP contribution in [0.5, 0.6) is 0 Å². The lowest BCUT2D eigenvalue weighted by atomic mass is 10.1. The summed E-state index contributed by atoms with van der Waals surface area (Å²) >= 11 is 0. The summed E-state index contributed by atoms with van der Waals surface area (Å²) in [6.07, 6.45) is 0. The number of aryl methyl sites for hydroxylation is 2. The Bertz CT molecular complexity index is 467. The first kappa shape index (κ1) is 21.0. The molecule has 0 fully saturated rings. The van der Waals surface area contributed by atoms with Crippen molar-refractivity contribution in [2.45, 2.75) is 68.2 Å². The standard InChI is InChI=1S/C12H16N2.3C2H6/c1-8(2)10-5-6-12-11(13-10)7-9(3)14(12)4;3*1-2/h5-8H,1-4H3;3*1-2H3. The number of hydrogen-bond acceptors (Lipinski definition) is 1. The van der Waals surface area contributed by atoms with Crippen LogP contribution in [0, 0.1) is 6.92 Å². The summed E-state index contributed by atoms with van der Waals surface area (Å²) in [4.78, 5) is 4.64. The van der Waals surface area contributed by atoms with Crippen LogP contribution in [-0.2, 0) is 7.05 Å². The fourth-order valence-corrected chi connectivity index (χ4v) is 1.68. The van der Waals surface area contributed by atoms with Crippen molar-refractivity contribution < 1.29 is 0 Å². The lowest BCUT2D eigenvalue weighted by Crippen LogP contribution is -1.93. The first-order valence-electron chi connectivity index (χ1n) is 8.02. The number of fused-ring (bicyclic) bond motifs is 1. The highest BCUT2D eigenvalue weighted by molar-refractivity contribution is 5.77. The molecule has 2 rings (SSSR count). The molecule has 0 aliphatic carbocycles.